The number of nitrogens with two attached hydrogens (primary N) is 1. The van der Waals surface area contributed by atoms with E-state index in [9.17, 15) is 4.79 Å². The number of esters is 1. The van der Waals surface area contributed by atoms with Crippen LogP contribution in [0.5, 0.6) is 11.5 Å². The molecule has 0 saturated heterocycles. The zero-order chi connectivity index (χ0) is 27.0. The SMILES string of the molecule is CCCCCCCCCOC(=O)c1c(N)n(-c2ccc(Oc3ccccc3)cc2)c2nc3ccccc3nc12. The van der Waals surface area contributed by atoms with Crippen molar-refractivity contribution in [2.24, 2.45) is 0 Å². The summed E-state index contributed by atoms with van der Waals surface area (Å²) in [6.07, 6.45) is 8.01. The Labute approximate surface area is 228 Å². The number of hydrogen-bond acceptors (Lipinski definition) is 6. The van der Waals surface area contributed by atoms with Gasteiger partial charge in [-0.2, -0.15) is 0 Å². The molecular formula is C32H34N4O3. The summed E-state index contributed by atoms with van der Waals surface area (Å²) >= 11 is 0. The number of benzene rings is 3. The molecular weight excluding hydrogens is 488 g/mol. The fraction of sp³-hybridized carbons (Fsp3) is 0.281. The highest BCUT2D eigenvalue weighted by Crippen LogP contribution is 2.32. The molecule has 0 unspecified atom stereocenters. The number of carbonyl (C=O) groups excluding carboxylic acids is 1. The fourth-order valence-electron chi connectivity index (χ4n) is 4.71. The molecule has 0 amide bonds. The van der Waals surface area contributed by atoms with E-state index in [1.165, 1.54) is 25.7 Å². The summed E-state index contributed by atoms with van der Waals surface area (Å²) in [5.74, 6) is 1.21. The molecule has 0 saturated carbocycles. The van der Waals surface area contributed by atoms with Gasteiger partial charge in [-0.25, -0.2) is 14.8 Å². The summed E-state index contributed by atoms with van der Waals surface area (Å²) in [5.41, 5.74) is 9.96. The molecule has 39 heavy (non-hydrogen) atoms. The average molecular weight is 523 g/mol. The molecule has 0 aliphatic rings. The van der Waals surface area contributed by atoms with Gasteiger partial charge >= 0.3 is 5.97 Å². The van der Waals surface area contributed by atoms with Crippen LogP contribution in [0.2, 0.25) is 0 Å². The second-order valence-electron chi connectivity index (χ2n) is 9.65. The number of hydrogen-bond donors (Lipinski definition) is 1. The van der Waals surface area contributed by atoms with E-state index in [2.05, 4.69) is 6.92 Å². The van der Waals surface area contributed by atoms with Crippen molar-refractivity contribution >= 4 is 34.0 Å². The first-order valence-corrected chi connectivity index (χ1v) is 13.7. The van der Waals surface area contributed by atoms with Crippen LogP contribution in [0.25, 0.3) is 27.9 Å². The summed E-state index contributed by atoms with van der Waals surface area (Å²) < 4.78 is 13.4. The molecule has 5 rings (SSSR count). The van der Waals surface area contributed by atoms with Crippen LogP contribution in [0.3, 0.4) is 0 Å². The molecule has 0 bridgehead atoms. The van der Waals surface area contributed by atoms with Gasteiger partial charge in [-0.05, 0) is 55.0 Å². The molecule has 7 heteroatoms. The first kappa shape index (κ1) is 26.2. The number of unbranched alkanes of at least 4 members (excludes halogenated alkanes) is 6. The number of rotatable bonds is 12. The number of ether oxygens (including phenoxy) is 2. The number of carbonyl (C=O) groups is 1. The van der Waals surface area contributed by atoms with Gasteiger partial charge in [0.1, 0.15) is 28.4 Å². The van der Waals surface area contributed by atoms with E-state index in [1.54, 1.807) is 4.57 Å². The van der Waals surface area contributed by atoms with Gasteiger partial charge in [0.2, 0.25) is 0 Å². The smallest absolute Gasteiger partial charge is 0.344 e. The average Bonchev–Trinajstić information content (AvgIpc) is 3.24. The zero-order valence-electron chi connectivity index (χ0n) is 22.3. The van der Waals surface area contributed by atoms with Crippen molar-refractivity contribution in [2.45, 2.75) is 51.9 Å². The van der Waals surface area contributed by atoms with Crippen LogP contribution in [0.4, 0.5) is 5.82 Å². The molecule has 5 aromatic rings. The molecule has 2 N–H and O–H groups in total. The van der Waals surface area contributed by atoms with Gasteiger partial charge in [-0.1, -0.05) is 75.8 Å². The van der Waals surface area contributed by atoms with E-state index in [4.69, 9.17) is 25.2 Å². The van der Waals surface area contributed by atoms with Gasteiger partial charge in [0, 0.05) is 5.69 Å². The summed E-state index contributed by atoms with van der Waals surface area (Å²) in [6, 6.07) is 24.7. The van der Waals surface area contributed by atoms with Gasteiger partial charge in [0.05, 0.1) is 17.6 Å². The maximum absolute atomic E-state index is 13.3. The van der Waals surface area contributed by atoms with Crippen molar-refractivity contribution in [1.29, 1.82) is 0 Å². The number of anilines is 1. The highest BCUT2D eigenvalue weighted by atomic mass is 16.5. The van der Waals surface area contributed by atoms with E-state index >= 15 is 0 Å². The molecule has 0 aliphatic carbocycles. The van der Waals surface area contributed by atoms with E-state index in [0.717, 1.165) is 36.2 Å². The summed E-state index contributed by atoms with van der Waals surface area (Å²) in [6.45, 7) is 2.57. The van der Waals surface area contributed by atoms with Gasteiger partial charge in [-0.3, -0.25) is 4.57 Å². The number of nitrogens with zero attached hydrogens (tertiary/aromatic N) is 3. The second kappa shape index (κ2) is 12.4. The summed E-state index contributed by atoms with van der Waals surface area (Å²) in [7, 11) is 0. The maximum atomic E-state index is 13.3. The lowest BCUT2D eigenvalue weighted by atomic mass is 10.1. The number of aromatic nitrogens is 3. The molecule has 200 valence electrons. The van der Waals surface area contributed by atoms with Crippen molar-refractivity contribution < 1.29 is 14.3 Å². The third kappa shape index (κ3) is 6.03. The lowest BCUT2D eigenvalue weighted by Gasteiger charge is -2.10. The third-order valence-corrected chi connectivity index (χ3v) is 6.76. The molecule has 2 aromatic heterocycles. The summed E-state index contributed by atoms with van der Waals surface area (Å²) in [5, 5.41) is 0. The van der Waals surface area contributed by atoms with Crippen molar-refractivity contribution in [3.63, 3.8) is 0 Å². The lowest BCUT2D eigenvalue weighted by molar-refractivity contribution is 0.0501. The Morgan fingerprint density at radius 2 is 1.38 bits per heavy atom. The predicted molar refractivity (Wildman–Crippen MR) is 156 cm³/mol. The molecule has 0 radical (unpaired) electrons. The third-order valence-electron chi connectivity index (χ3n) is 6.76. The highest BCUT2D eigenvalue weighted by Gasteiger charge is 2.26. The Morgan fingerprint density at radius 3 is 2.10 bits per heavy atom. The Hall–Kier alpha value is -4.39. The van der Waals surface area contributed by atoms with Crippen LogP contribution < -0.4 is 10.5 Å². The minimum atomic E-state index is -0.476. The molecule has 0 atom stereocenters. The number of nitrogen functional groups attached to an aromatic ring is 1. The van der Waals surface area contributed by atoms with E-state index in [-0.39, 0.29) is 11.4 Å². The van der Waals surface area contributed by atoms with Crippen LogP contribution in [-0.2, 0) is 4.74 Å². The van der Waals surface area contributed by atoms with Crippen LogP contribution >= 0.6 is 0 Å². The molecule has 0 fully saturated rings. The Bertz CT molecular complexity index is 1550. The second-order valence-corrected chi connectivity index (χ2v) is 9.65. The van der Waals surface area contributed by atoms with Crippen molar-refractivity contribution in [3.05, 3.63) is 84.4 Å². The first-order valence-electron chi connectivity index (χ1n) is 13.7. The van der Waals surface area contributed by atoms with Crippen LogP contribution in [-0.4, -0.2) is 27.1 Å². The maximum Gasteiger partial charge on any atom is 0.344 e. The minimum absolute atomic E-state index is 0.246. The van der Waals surface area contributed by atoms with E-state index in [1.807, 2.05) is 78.9 Å². The fourth-order valence-corrected chi connectivity index (χ4v) is 4.71. The van der Waals surface area contributed by atoms with E-state index < -0.39 is 5.97 Å². The standard InChI is InChI=1S/C32H34N4O3/c1-2-3-4-5-6-7-13-22-38-32(37)28-29-31(35-27-17-12-11-16-26(27)34-29)36(30(28)33)23-18-20-25(21-19-23)39-24-14-9-8-10-15-24/h8-12,14-21H,2-7,13,22,33H2,1H3. The Balaban J connectivity index is 1.41. The van der Waals surface area contributed by atoms with Gasteiger partial charge in [-0.15, -0.1) is 0 Å². The monoisotopic (exact) mass is 522 g/mol. The normalized spacial score (nSPS) is 11.2. The van der Waals surface area contributed by atoms with Crippen molar-refractivity contribution in [2.75, 3.05) is 12.3 Å². The van der Waals surface area contributed by atoms with Crippen molar-refractivity contribution in [3.8, 4) is 17.2 Å². The van der Waals surface area contributed by atoms with Crippen LogP contribution in [0, 0.1) is 0 Å². The predicted octanol–water partition coefficient (Wildman–Crippen LogP) is 7.86. The molecule has 3 aromatic carbocycles. The van der Waals surface area contributed by atoms with Crippen LogP contribution in [0.15, 0.2) is 78.9 Å². The quantitative estimate of drug-likeness (QED) is 0.132. The first-order chi connectivity index (χ1) is 19.2. The topological polar surface area (TPSA) is 92.3 Å². The molecule has 0 aliphatic heterocycles. The number of para-hydroxylation sites is 3. The van der Waals surface area contributed by atoms with Gasteiger partial charge in [0.15, 0.2) is 5.65 Å². The largest absolute Gasteiger partial charge is 0.462 e. The zero-order valence-corrected chi connectivity index (χ0v) is 22.3. The lowest BCUT2D eigenvalue weighted by Crippen LogP contribution is -2.10. The summed E-state index contributed by atoms with van der Waals surface area (Å²) in [4.78, 5) is 22.9. The molecule has 0 spiro atoms. The number of fused-ring (bicyclic) bond motifs is 2. The Kier molecular flexibility index (Phi) is 8.36. The minimum Gasteiger partial charge on any atom is -0.462 e. The highest BCUT2D eigenvalue weighted by molar-refractivity contribution is 6.09. The molecule has 2 heterocycles. The van der Waals surface area contributed by atoms with E-state index in [0.29, 0.717) is 29.0 Å². The van der Waals surface area contributed by atoms with Gasteiger partial charge < -0.3 is 15.2 Å². The van der Waals surface area contributed by atoms with Crippen molar-refractivity contribution in [1.82, 2.24) is 14.5 Å². The molecule has 7 nitrogen and oxygen atoms in total. The van der Waals surface area contributed by atoms with Gasteiger partial charge in [0.25, 0.3) is 0 Å². The van der Waals surface area contributed by atoms with Crippen LogP contribution in [0.1, 0.15) is 62.2 Å². The Morgan fingerprint density at radius 1 is 0.769 bits per heavy atom.